The molecule has 2 aromatic rings. The van der Waals surface area contributed by atoms with Gasteiger partial charge in [0.2, 0.25) is 0 Å². The van der Waals surface area contributed by atoms with Crippen LogP contribution in [0.15, 0.2) is 6.33 Å². The highest BCUT2D eigenvalue weighted by Crippen LogP contribution is 2.35. The largest absolute Gasteiger partial charge is 0.477 e. The molecule has 2 N–H and O–H groups in total. The van der Waals surface area contributed by atoms with E-state index in [1.807, 2.05) is 6.92 Å². The molecule has 2 aromatic heterocycles. The van der Waals surface area contributed by atoms with E-state index in [9.17, 15) is 4.79 Å². The third-order valence-electron chi connectivity index (χ3n) is 2.84. The number of fused-ring (bicyclic) bond motifs is 1. The van der Waals surface area contributed by atoms with Gasteiger partial charge in [0.05, 0.1) is 5.39 Å². The molecule has 0 atom stereocenters. The van der Waals surface area contributed by atoms with Gasteiger partial charge in [-0.3, -0.25) is 0 Å². The molecular formula is C11H11N3O2S. The van der Waals surface area contributed by atoms with Crippen LogP contribution >= 0.6 is 11.3 Å². The fourth-order valence-corrected chi connectivity index (χ4v) is 2.79. The Morgan fingerprint density at radius 2 is 2.29 bits per heavy atom. The number of hydrogen-bond donors (Lipinski definition) is 2. The molecular weight excluding hydrogens is 238 g/mol. The third kappa shape index (κ3) is 1.74. The predicted molar refractivity (Wildman–Crippen MR) is 65.8 cm³/mol. The van der Waals surface area contributed by atoms with Crippen molar-refractivity contribution in [1.82, 2.24) is 9.97 Å². The summed E-state index contributed by atoms with van der Waals surface area (Å²) in [5.74, 6) is -0.137. The van der Waals surface area contributed by atoms with Gasteiger partial charge in [-0.05, 0) is 25.3 Å². The zero-order chi connectivity index (χ0) is 12.0. The number of carbonyl (C=O) groups is 1. The molecule has 17 heavy (non-hydrogen) atoms. The number of nitrogens with one attached hydrogen (secondary N) is 1. The molecule has 0 amide bonds. The summed E-state index contributed by atoms with van der Waals surface area (Å²) in [6.07, 6.45) is 3.79. The van der Waals surface area contributed by atoms with Crippen molar-refractivity contribution in [3.63, 3.8) is 0 Å². The maximum atomic E-state index is 11.1. The first kappa shape index (κ1) is 10.5. The van der Waals surface area contributed by atoms with Gasteiger partial charge in [-0.15, -0.1) is 11.3 Å². The highest BCUT2D eigenvalue weighted by atomic mass is 32.1. The summed E-state index contributed by atoms with van der Waals surface area (Å²) in [6, 6.07) is 0.487. The molecule has 0 saturated heterocycles. The molecule has 0 aliphatic heterocycles. The summed E-state index contributed by atoms with van der Waals surface area (Å²) in [5, 5.41) is 13.3. The smallest absolute Gasteiger partial charge is 0.346 e. The Bertz CT molecular complexity index is 604. The topological polar surface area (TPSA) is 75.1 Å². The molecule has 0 aromatic carbocycles. The summed E-state index contributed by atoms with van der Waals surface area (Å²) >= 11 is 1.20. The molecule has 5 nitrogen and oxygen atoms in total. The van der Waals surface area contributed by atoms with Crippen LogP contribution in [0.4, 0.5) is 5.82 Å². The first-order valence-corrected chi connectivity index (χ1v) is 6.22. The van der Waals surface area contributed by atoms with Gasteiger partial charge in [0.25, 0.3) is 0 Å². The Morgan fingerprint density at radius 3 is 2.94 bits per heavy atom. The van der Waals surface area contributed by atoms with Crippen LogP contribution in [0.3, 0.4) is 0 Å². The van der Waals surface area contributed by atoms with Crippen molar-refractivity contribution in [2.24, 2.45) is 0 Å². The van der Waals surface area contributed by atoms with Crippen LogP contribution in [0.5, 0.6) is 0 Å². The zero-order valence-electron chi connectivity index (χ0n) is 9.23. The summed E-state index contributed by atoms with van der Waals surface area (Å²) in [5.41, 5.74) is 0.751. The van der Waals surface area contributed by atoms with Gasteiger partial charge in [0, 0.05) is 6.04 Å². The average molecular weight is 249 g/mol. The number of anilines is 1. The van der Waals surface area contributed by atoms with Crippen molar-refractivity contribution in [3.05, 3.63) is 16.8 Å². The fourth-order valence-electron chi connectivity index (χ4n) is 1.81. The number of nitrogens with zero attached hydrogens (tertiary/aromatic N) is 2. The summed E-state index contributed by atoms with van der Waals surface area (Å²) in [7, 11) is 0. The van der Waals surface area contributed by atoms with E-state index < -0.39 is 5.97 Å². The van der Waals surface area contributed by atoms with E-state index in [4.69, 9.17) is 5.11 Å². The van der Waals surface area contributed by atoms with Gasteiger partial charge in [-0.1, -0.05) is 0 Å². The number of aryl methyl sites for hydroxylation is 1. The van der Waals surface area contributed by atoms with E-state index in [0.717, 1.165) is 34.4 Å². The normalized spacial score (nSPS) is 15.1. The molecule has 2 heterocycles. The van der Waals surface area contributed by atoms with E-state index in [1.54, 1.807) is 0 Å². The Kier molecular flexibility index (Phi) is 2.25. The van der Waals surface area contributed by atoms with Crippen molar-refractivity contribution in [3.8, 4) is 0 Å². The van der Waals surface area contributed by atoms with Crippen LogP contribution < -0.4 is 5.32 Å². The maximum absolute atomic E-state index is 11.1. The van der Waals surface area contributed by atoms with Gasteiger partial charge in [-0.25, -0.2) is 14.8 Å². The zero-order valence-corrected chi connectivity index (χ0v) is 10.0. The number of aromatic nitrogens is 2. The Labute approximate surface area is 102 Å². The van der Waals surface area contributed by atoms with Crippen LogP contribution in [-0.2, 0) is 0 Å². The van der Waals surface area contributed by atoms with Crippen molar-refractivity contribution in [2.45, 2.75) is 25.8 Å². The second-order valence-electron chi connectivity index (χ2n) is 4.18. The standard InChI is InChI=1S/C11H11N3O2S/c1-5-7-9(14-6-2-3-6)12-4-13-10(7)17-8(5)11(15)16/h4,6H,2-3H2,1H3,(H,15,16)(H,12,13,14). The van der Waals surface area contributed by atoms with Crippen molar-refractivity contribution < 1.29 is 9.90 Å². The maximum Gasteiger partial charge on any atom is 0.346 e. The average Bonchev–Trinajstić information content (AvgIpc) is 3.02. The fraction of sp³-hybridized carbons (Fsp3) is 0.364. The molecule has 1 fully saturated rings. The molecule has 0 spiro atoms. The molecule has 0 radical (unpaired) electrons. The number of carboxylic acids is 1. The van der Waals surface area contributed by atoms with E-state index >= 15 is 0 Å². The van der Waals surface area contributed by atoms with E-state index in [0.29, 0.717) is 10.9 Å². The van der Waals surface area contributed by atoms with Crippen LogP contribution in [0, 0.1) is 6.92 Å². The highest BCUT2D eigenvalue weighted by Gasteiger charge is 2.24. The second-order valence-corrected chi connectivity index (χ2v) is 5.18. The lowest BCUT2D eigenvalue weighted by atomic mass is 10.2. The van der Waals surface area contributed by atoms with Gasteiger partial charge in [0.1, 0.15) is 21.9 Å². The number of hydrogen-bond acceptors (Lipinski definition) is 5. The molecule has 1 saturated carbocycles. The minimum atomic E-state index is -0.900. The lowest BCUT2D eigenvalue weighted by molar-refractivity contribution is 0.0701. The lowest BCUT2D eigenvalue weighted by Gasteiger charge is -2.04. The lowest BCUT2D eigenvalue weighted by Crippen LogP contribution is -2.04. The predicted octanol–water partition coefficient (Wildman–Crippen LogP) is 2.27. The Hall–Kier alpha value is -1.69. The Morgan fingerprint density at radius 1 is 1.53 bits per heavy atom. The van der Waals surface area contributed by atoms with E-state index in [1.165, 1.54) is 17.7 Å². The number of thiophene rings is 1. The van der Waals surface area contributed by atoms with Gasteiger partial charge in [-0.2, -0.15) is 0 Å². The van der Waals surface area contributed by atoms with Gasteiger partial charge < -0.3 is 10.4 Å². The third-order valence-corrected chi connectivity index (χ3v) is 4.03. The molecule has 6 heteroatoms. The SMILES string of the molecule is Cc1c(C(=O)O)sc2ncnc(NC3CC3)c12. The number of rotatable bonds is 3. The minimum absolute atomic E-state index is 0.347. The monoisotopic (exact) mass is 249 g/mol. The van der Waals surface area contributed by atoms with E-state index in [-0.39, 0.29) is 0 Å². The minimum Gasteiger partial charge on any atom is -0.477 e. The summed E-state index contributed by atoms with van der Waals surface area (Å²) in [6.45, 7) is 1.81. The van der Waals surface area contributed by atoms with Crippen molar-refractivity contribution in [2.75, 3.05) is 5.32 Å². The summed E-state index contributed by atoms with van der Waals surface area (Å²) in [4.78, 5) is 20.5. The Balaban J connectivity index is 2.18. The second kappa shape index (κ2) is 3.66. The first-order chi connectivity index (χ1) is 8.16. The van der Waals surface area contributed by atoms with Crippen LogP contribution in [0.25, 0.3) is 10.2 Å². The molecule has 1 aliphatic rings. The van der Waals surface area contributed by atoms with Crippen molar-refractivity contribution in [1.29, 1.82) is 0 Å². The van der Waals surface area contributed by atoms with Crippen LogP contribution in [0.2, 0.25) is 0 Å². The van der Waals surface area contributed by atoms with Crippen LogP contribution in [-0.4, -0.2) is 27.1 Å². The molecule has 3 rings (SSSR count). The molecule has 88 valence electrons. The molecule has 0 unspecified atom stereocenters. The summed E-state index contributed by atoms with van der Waals surface area (Å²) < 4.78 is 0. The van der Waals surface area contributed by atoms with Crippen LogP contribution in [0.1, 0.15) is 28.1 Å². The van der Waals surface area contributed by atoms with Crippen molar-refractivity contribution >= 4 is 33.3 Å². The first-order valence-electron chi connectivity index (χ1n) is 5.40. The molecule has 0 bridgehead atoms. The highest BCUT2D eigenvalue weighted by molar-refractivity contribution is 7.20. The van der Waals surface area contributed by atoms with E-state index in [2.05, 4.69) is 15.3 Å². The van der Waals surface area contributed by atoms with Gasteiger partial charge in [0.15, 0.2) is 0 Å². The number of aromatic carboxylic acids is 1. The quantitative estimate of drug-likeness (QED) is 0.872. The number of carboxylic acid groups (broad SMARTS) is 1. The van der Waals surface area contributed by atoms with Gasteiger partial charge >= 0.3 is 5.97 Å². The molecule has 1 aliphatic carbocycles.